The Morgan fingerprint density at radius 1 is 1.67 bits per heavy atom. The molecular formula is C3H7NO4S. The fraction of sp³-hybridized carbons (Fsp3) is 0.667. The Bertz CT molecular complexity index is 194. The summed E-state index contributed by atoms with van der Waals surface area (Å²) < 4.78 is 24.5. The van der Waals surface area contributed by atoms with E-state index in [1.165, 1.54) is 6.92 Å². The summed E-state index contributed by atoms with van der Waals surface area (Å²) in [6.45, 7) is 1.37. The summed E-state index contributed by atoms with van der Waals surface area (Å²) in [6, 6.07) is 0. The van der Waals surface area contributed by atoms with E-state index in [4.69, 9.17) is 0 Å². The molecule has 9 heavy (non-hydrogen) atoms. The highest BCUT2D eigenvalue weighted by Gasteiger charge is 2.17. The summed E-state index contributed by atoms with van der Waals surface area (Å²) in [4.78, 5) is 9.92. The zero-order valence-electron chi connectivity index (χ0n) is 4.83. The number of rotatable bonds is 2. The molecule has 0 fully saturated rings. The van der Waals surface area contributed by atoms with Crippen LogP contribution < -0.4 is 5.73 Å². The molecule has 0 heterocycles. The molecule has 0 aliphatic carbocycles. The van der Waals surface area contributed by atoms with Crippen molar-refractivity contribution in [2.45, 2.75) is 6.92 Å². The van der Waals surface area contributed by atoms with Crippen LogP contribution in [-0.4, -0.2) is 20.3 Å². The maximum Gasteiger partial charge on any atom is 0.361 e. The molecule has 2 N–H and O–H groups in total. The Hall–Kier alpha value is -0.620. The third-order valence-electron chi connectivity index (χ3n) is 0.519. The van der Waals surface area contributed by atoms with E-state index in [9.17, 15) is 13.2 Å². The van der Waals surface area contributed by atoms with Crippen LogP contribution >= 0.6 is 0 Å². The number of amides is 1. The maximum atomic E-state index is 10.2. The smallest absolute Gasteiger partial charge is 0.354 e. The highest BCUT2D eigenvalue weighted by Crippen LogP contribution is 1.90. The van der Waals surface area contributed by atoms with Crippen molar-refractivity contribution in [3.05, 3.63) is 0 Å². The molecule has 0 atom stereocenters. The van der Waals surface area contributed by atoms with Gasteiger partial charge in [-0.1, -0.05) is 0 Å². The van der Waals surface area contributed by atoms with Crippen molar-refractivity contribution in [2.75, 3.05) is 6.61 Å². The van der Waals surface area contributed by atoms with E-state index in [0.717, 1.165) is 0 Å². The van der Waals surface area contributed by atoms with E-state index in [1.807, 2.05) is 0 Å². The Labute approximate surface area is 52.9 Å². The fourth-order valence-corrected chi connectivity index (χ4v) is 0.640. The highest BCUT2D eigenvalue weighted by molar-refractivity contribution is 8.01. The van der Waals surface area contributed by atoms with Crippen molar-refractivity contribution in [3.63, 3.8) is 0 Å². The van der Waals surface area contributed by atoms with Crippen molar-refractivity contribution in [1.29, 1.82) is 0 Å². The summed E-state index contributed by atoms with van der Waals surface area (Å²) in [7, 11) is -4.11. The van der Waals surface area contributed by atoms with E-state index >= 15 is 0 Å². The predicted molar refractivity (Wildman–Crippen MR) is 30.1 cm³/mol. The summed E-state index contributed by atoms with van der Waals surface area (Å²) in [6.07, 6.45) is 0. The molecule has 6 heteroatoms. The maximum absolute atomic E-state index is 10.2. The normalized spacial score (nSPS) is 11.2. The first-order valence-electron chi connectivity index (χ1n) is 2.19. The van der Waals surface area contributed by atoms with E-state index in [2.05, 4.69) is 9.92 Å². The average Bonchev–Trinajstić information content (AvgIpc) is 1.65. The van der Waals surface area contributed by atoms with Gasteiger partial charge in [0.15, 0.2) is 0 Å². The van der Waals surface area contributed by atoms with E-state index in [1.54, 1.807) is 0 Å². The van der Waals surface area contributed by atoms with E-state index in [-0.39, 0.29) is 6.61 Å². The molecule has 5 nitrogen and oxygen atoms in total. The molecule has 0 aromatic carbocycles. The van der Waals surface area contributed by atoms with Gasteiger partial charge in [-0.05, 0) is 6.92 Å². The van der Waals surface area contributed by atoms with Crippen molar-refractivity contribution in [1.82, 2.24) is 0 Å². The van der Waals surface area contributed by atoms with Crippen LogP contribution in [-0.2, 0) is 14.3 Å². The Kier molecular flexibility index (Phi) is 2.60. The van der Waals surface area contributed by atoms with Gasteiger partial charge in [0, 0.05) is 0 Å². The van der Waals surface area contributed by atoms with Crippen LogP contribution in [0.2, 0.25) is 0 Å². The van der Waals surface area contributed by atoms with Gasteiger partial charge < -0.3 is 5.73 Å². The standard InChI is InChI=1S/C3H7NO4S/c1-2-8-9(6,7)3(4)5/h2H2,1H3,(H2,4,5). The third kappa shape index (κ3) is 2.43. The molecule has 0 aromatic rings. The van der Waals surface area contributed by atoms with Gasteiger partial charge in [0.25, 0.3) is 0 Å². The van der Waals surface area contributed by atoms with Crippen molar-refractivity contribution in [2.24, 2.45) is 5.73 Å². The molecule has 54 valence electrons. The van der Waals surface area contributed by atoms with Crippen LogP contribution in [0.1, 0.15) is 6.92 Å². The highest BCUT2D eigenvalue weighted by atomic mass is 32.2. The van der Waals surface area contributed by atoms with Crippen LogP contribution in [0.25, 0.3) is 0 Å². The van der Waals surface area contributed by atoms with E-state index in [0.29, 0.717) is 0 Å². The number of nitrogens with two attached hydrogens (primary N) is 1. The number of primary amides is 1. The fourth-order valence-electron chi connectivity index (χ4n) is 0.213. The molecule has 0 saturated carbocycles. The third-order valence-corrected chi connectivity index (χ3v) is 1.56. The average molecular weight is 153 g/mol. The van der Waals surface area contributed by atoms with Gasteiger partial charge in [-0.25, -0.2) is 0 Å². The molecule has 0 saturated heterocycles. The number of carbonyl (C=O) groups excluding carboxylic acids is 1. The molecule has 0 rings (SSSR count). The first-order chi connectivity index (χ1) is 4.00. The van der Waals surface area contributed by atoms with Gasteiger partial charge in [0.1, 0.15) is 0 Å². The SMILES string of the molecule is CCOS(=O)(=O)C(N)=O. The Balaban J connectivity index is 4.23. The van der Waals surface area contributed by atoms with E-state index < -0.39 is 15.4 Å². The van der Waals surface area contributed by atoms with Gasteiger partial charge in [-0.2, -0.15) is 8.42 Å². The van der Waals surface area contributed by atoms with Crippen molar-refractivity contribution < 1.29 is 17.4 Å². The number of carbonyl (C=O) groups is 1. The first-order valence-corrected chi connectivity index (χ1v) is 3.60. The zero-order valence-corrected chi connectivity index (χ0v) is 5.64. The topological polar surface area (TPSA) is 86.5 Å². The summed E-state index contributed by atoms with van der Waals surface area (Å²) in [5.74, 6) is 0. The number of hydrogen-bond donors (Lipinski definition) is 1. The second-order valence-electron chi connectivity index (χ2n) is 1.18. The second-order valence-corrected chi connectivity index (χ2v) is 2.73. The zero-order chi connectivity index (χ0) is 7.49. The minimum Gasteiger partial charge on any atom is -0.354 e. The molecule has 0 bridgehead atoms. The summed E-state index contributed by atoms with van der Waals surface area (Å²) in [5, 5.41) is -1.45. The van der Waals surface area contributed by atoms with Gasteiger partial charge in [-0.3, -0.25) is 8.98 Å². The van der Waals surface area contributed by atoms with Gasteiger partial charge in [-0.15, -0.1) is 0 Å². The van der Waals surface area contributed by atoms with Crippen LogP contribution in [0.4, 0.5) is 4.79 Å². The summed E-state index contributed by atoms with van der Waals surface area (Å²) >= 11 is 0. The molecule has 0 aliphatic heterocycles. The minimum atomic E-state index is -4.11. The second kappa shape index (κ2) is 2.79. The molecule has 0 spiro atoms. The molecule has 1 amide bonds. The predicted octanol–water partition coefficient (Wildman–Crippen LogP) is -0.569. The van der Waals surface area contributed by atoms with Gasteiger partial charge in [0.2, 0.25) is 0 Å². The molecule has 0 aromatic heterocycles. The van der Waals surface area contributed by atoms with Crippen LogP contribution in [0, 0.1) is 0 Å². The van der Waals surface area contributed by atoms with Gasteiger partial charge in [0.05, 0.1) is 6.61 Å². The lowest BCUT2D eigenvalue weighted by Gasteiger charge is -1.94. The monoisotopic (exact) mass is 153 g/mol. The van der Waals surface area contributed by atoms with Crippen LogP contribution in [0.5, 0.6) is 0 Å². The molecule has 0 unspecified atom stereocenters. The lowest BCUT2D eigenvalue weighted by molar-refractivity contribution is 0.257. The van der Waals surface area contributed by atoms with Crippen LogP contribution in [0.3, 0.4) is 0 Å². The first kappa shape index (κ1) is 8.38. The summed E-state index contributed by atoms with van der Waals surface area (Å²) in [5.41, 5.74) is 4.40. The molecule has 0 radical (unpaired) electrons. The Morgan fingerprint density at radius 2 is 2.11 bits per heavy atom. The molecular weight excluding hydrogens is 146 g/mol. The van der Waals surface area contributed by atoms with Crippen molar-refractivity contribution in [3.8, 4) is 0 Å². The number of hydrogen-bond acceptors (Lipinski definition) is 4. The quantitative estimate of drug-likeness (QED) is 0.538. The lowest BCUT2D eigenvalue weighted by Crippen LogP contribution is -2.23. The minimum absolute atomic E-state index is 0.0781. The Morgan fingerprint density at radius 3 is 2.22 bits per heavy atom. The van der Waals surface area contributed by atoms with Crippen LogP contribution in [0.15, 0.2) is 0 Å². The van der Waals surface area contributed by atoms with Gasteiger partial charge >= 0.3 is 15.4 Å². The lowest BCUT2D eigenvalue weighted by atomic mass is 10.9. The largest absolute Gasteiger partial charge is 0.361 e. The van der Waals surface area contributed by atoms with Crippen molar-refractivity contribution >= 4 is 15.4 Å². The molecule has 0 aliphatic rings.